The molecule has 0 radical (unpaired) electrons. The first-order valence-corrected chi connectivity index (χ1v) is 12.0. The van der Waals surface area contributed by atoms with E-state index in [9.17, 15) is 9.59 Å². The van der Waals surface area contributed by atoms with Gasteiger partial charge >= 0.3 is 12.1 Å². The fourth-order valence-corrected chi connectivity index (χ4v) is 4.87. The van der Waals surface area contributed by atoms with Gasteiger partial charge < -0.3 is 9.47 Å². The third kappa shape index (κ3) is 5.09. The summed E-state index contributed by atoms with van der Waals surface area (Å²) < 4.78 is 12.5. The number of amides is 1. The molecule has 1 fully saturated rings. The van der Waals surface area contributed by atoms with Crippen LogP contribution in [0.3, 0.4) is 0 Å². The fraction of sp³-hybridized carbons (Fsp3) is 0.478. The van der Waals surface area contributed by atoms with E-state index in [0.29, 0.717) is 24.6 Å². The number of rotatable bonds is 5. The van der Waals surface area contributed by atoms with Gasteiger partial charge in [-0.1, -0.05) is 0 Å². The first-order chi connectivity index (χ1) is 16.2. The zero-order valence-corrected chi connectivity index (χ0v) is 20.7. The Balaban J connectivity index is 1.74. The van der Waals surface area contributed by atoms with Gasteiger partial charge in [0, 0.05) is 35.9 Å². The second-order valence-corrected chi connectivity index (χ2v) is 9.90. The van der Waals surface area contributed by atoms with Gasteiger partial charge in [0.15, 0.2) is 5.69 Å². The minimum atomic E-state index is -0.637. The summed E-state index contributed by atoms with van der Waals surface area (Å²) in [5.74, 6) is -0.150. The normalized spacial score (nSPS) is 18.2. The molecule has 0 N–H and O–H groups in total. The van der Waals surface area contributed by atoms with E-state index in [4.69, 9.17) is 14.5 Å². The Labute approximate surface area is 202 Å². The number of esters is 1. The highest BCUT2D eigenvalue weighted by Gasteiger charge is 2.43. The minimum Gasteiger partial charge on any atom is -0.461 e. The molecule has 180 valence electrons. The molecule has 0 saturated carbocycles. The maximum Gasteiger partial charge on any atom is 0.410 e. The fourth-order valence-electron chi connectivity index (χ4n) is 3.92. The topological polar surface area (TPSA) is 112 Å². The molecule has 3 aromatic heterocycles. The van der Waals surface area contributed by atoms with E-state index in [1.807, 2.05) is 33.8 Å². The molecule has 10 nitrogen and oxygen atoms in total. The molecule has 2 atom stereocenters. The zero-order chi connectivity index (χ0) is 24.5. The first kappa shape index (κ1) is 23.8. The molecule has 0 bridgehead atoms. The summed E-state index contributed by atoms with van der Waals surface area (Å²) in [6, 6.07) is 1.45. The van der Waals surface area contributed by atoms with Gasteiger partial charge in [0.05, 0.1) is 23.4 Å². The van der Waals surface area contributed by atoms with Crippen molar-refractivity contribution in [3.8, 4) is 5.95 Å². The molecular formula is C23H28N6O4S. The summed E-state index contributed by atoms with van der Waals surface area (Å²) >= 11 is 1.38. The summed E-state index contributed by atoms with van der Waals surface area (Å²) in [5, 5.41) is 2.45. The molecule has 1 aliphatic rings. The van der Waals surface area contributed by atoms with Crippen LogP contribution in [0, 0.1) is 6.92 Å². The third-order valence-electron chi connectivity index (χ3n) is 5.25. The van der Waals surface area contributed by atoms with Crippen molar-refractivity contribution >= 4 is 23.4 Å². The summed E-state index contributed by atoms with van der Waals surface area (Å²) in [7, 11) is 0. The molecule has 1 aliphatic heterocycles. The van der Waals surface area contributed by atoms with Crippen LogP contribution in [-0.4, -0.2) is 60.2 Å². The predicted molar refractivity (Wildman–Crippen MR) is 125 cm³/mol. The molecule has 4 rings (SSSR count). The van der Waals surface area contributed by atoms with E-state index < -0.39 is 23.7 Å². The van der Waals surface area contributed by atoms with Crippen molar-refractivity contribution in [1.82, 2.24) is 29.4 Å². The Kier molecular flexibility index (Phi) is 6.65. The molecule has 4 heterocycles. The van der Waals surface area contributed by atoms with Crippen LogP contribution in [-0.2, 0) is 9.47 Å². The minimum absolute atomic E-state index is 0.161. The zero-order valence-electron chi connectivity index (χ0n) is 19.9. The molecular weight excluding hydrogens is 456 g/mol. The highest BCUT2D eigenvalue weighted by molar-refractivity contribution is 7.09. The number of aryl methyl sites for hydroxylation is 1. The number of carbonyl (C=O) groups excluding carboxylic acids is 2. The van der Waals surface area contributed by atoms with Gasteiger partial charge in [-0.25, -0.2) is 29.5 Å². The molecule has 3 aromatic rings. The molecule has 1 amide bonds. The highest BCUT2D eigenvalue weighted by atomic mass is 32.1. The predicted octanol–water partition coefficient (Wildman–Crippen LogP) is 4.07. The van der Waals surface area contributed by atoms with Gasteiger partial charge in [-0.2, -0.15) is 0 Å². The molecule has 0 aliphatic carbocycles. The monoisotopic (exact) mass is 484 g/mol. The average molecular weight is 485 g/mol. The van der Waals surface area contributed by atoms with Crippen molar-refractivity contribution in [3.63, 3.8) is 0 Å². The smallest absolute Gasteiger partial charge is 0.410 e. The molecule has 0 aromatic carbocycles. The number of hydrogen-bond donors (Lipinski definition) is 0. The number of thiazole rings is 1. The van der Waals surface area contributed by atoms with Crippen LogP contribution in [0.4, 0.5) is 4.79 Å². The number of ether oxygens (including phenoxy) is 2. The van der Waals surface area contributed by atoms with Crippen molar-refractivity contribution in [1.29, 1.82) is 0 Å². The lowest BCUT2D eigenvalue weighted by Gasteiger charge is -2.30. The van der Waals surface area contributed by atoms with Gasteiger partial charge in [0.2, 0.25) is 5.95 Å². The van der Waals surface area contributed by atoms with Gasteiger partial charge in [-0.3, -0.25) is 9.47 Å². The maximum absolute atomic E-state index is 13.2. The van der Waals surface area contributed by atoms with Crippen LogP contribution in [0.25, 0.3) is 5.95 Å². The van der Waals surface area contributed by atoms with Crippen LogP contribution in [0.15, 0.2) is 30.2 Å². The van der Waals surface area contributed by atoms with Gasteiger partial charge in [-0.05, 0) is 47.1 Å². The Morgan fingerprint density at radius 3 is 2.71 bits per heavy atom. The standard InChI is InChI=1S/C23H28N6O4S/c1-6-32-20(30)17-12-34-19(26-17)15-7-9-29(22(31)33-23(3,4)5)18(15)16-11-14(2)25-21(27-16)28-10-8-24-13-28/h8,10-13,15,18H,6-7,9H2,1-5H3/t15-,18-/m1/s1. The van der Waals surface area contributed by atoms with E-state index in [0.717, 1.165) is 10.7 Å². The quantitative estimate of drug-likeness (QED) is 0.498. The van der Waals surface area contributed by atoms with Gasteiger partial charge in [0.25, 0.3) is 0 Å². The number of aromatic nitrogens is 5. The molecule has 11 heteroatoms. The van der Waals surface area contributed by atoms with E-state index in [-0.39, 0.29) is 18.2 Å². The summed E-state index contributed by atoms with van der Waals surface area (Å²) in [5.41, 5.74) is 1.07. The van der Waals surface area contributed by atoms with Gasteiger partial charge in [0.1, 0.15) is 11.9 Å². The lowest BCUT2D eigenvalue weighted by atomic mass is 9.97. The number of carbonyl (C=O) groups is 2. The molecule has 0 spiro atoms. The van der Waals surface area contributed by atoms with Crippen LogP contribution < -0.4 is 0 Å². The van der Waals surface area contributed by atoms with Crippen LogP contribution in [0.5, 0.6) is 0 Å². The maximum atomic E-state index is 13.2. The Morgan fingerprint density at radius 2 is 2.03 bits per heavy atom. The number of hydrogen-bond acceptors (Lipinski definition) is 9. The molecule has 34 heavy (non-hydrogen) atoms. The number of nitrogens with zero attached hydrogens (tertiary/aromatic N) is 6. The van der Waals surface area contributed by atoms with Crippen molar-refractivity contribution in [2.45, 2.75) is 58.6 Å². The van der Waals surface area contributed by atoms with E-state index in [1.165, 1.54) is 11.3 Å². The number of imidazole rings is 1. The van der Waals surface area contributed by atoms with Gasteiger partial charge in [-0.15, -0.1) is 11.3 Å². The Hall–Kier alpha value is -3.34. The van der Waals surface area contributed by atoms with Crippen LogP contribution >= 0.6 is 11.3 Å². The van der Waals surface area contributed by atoms with Crippen LogP contribution in [0.1, 0.15) is 73.0 Å². The molecule has 1 saturated heterocycles. The van der Waals surface area contributed by atoms with Crippen molar-refractivity contribution in [2.75, 3.05) is 13.2 Å². The lowest BCUT2D eigenvalue weighted by Crippen LogP contribution is -2.37. The van der Waals surface area contributed by atoms with E-state index >= 15 is 0 Å². The first-order valence-electron chi connectivity index (χ1n) is 11.1. The number of likely N-dealkylation sites (tertiary alicyclic amines) is 1. The second kappa shape index (κ2) is 9.49. The van der Waals surface area contributed by atoms with Crippen LogP contribution in [0.2, 0.25) is 0 Å². The Bertz CT molecular complexity index is 1170. The lowest BCUT2D eigenvalue weighted by molar-refractivity contribution is 0.0213. The highest BCUT2D eigenvalue weighted by Crippen LogP contribution is 2.45. The third-order valence-corrected chi connectivity index (χ3v) is 6.23. The van der Waals surface area contributed by atoms with Crippen molar-refractivity contribution in [3.05, 3.63) is 52.3 Å². The average Bonchev–Trinajstić information content (AvgIpc) is 3.52. The summed E-state index contributed by atoms with van der Waals surface area (Å²) in [6.45, 7) is 9.91. The summed E-state index contributed by atoms with van der Waals surface area (Å²) in [6.07, 6.45) is 5.29. The Morgan fingerprint density at radius 1 is 1.24 bits per heavy atom. The van der Waals surface area contributed by atoms with Crippen molar-refractivity contribution < 1.29 is 19.1 Å². The SMILES string of the molecule is CCOC(=O)c1csc([C@@H]2CCN(C(=O)OC(C)(C)C)[C@H]2c2cc(C)nc(-n3ccnc3)n2)n1. The summed E-state index contributed by atoms with van der Waals surface area (Å²) in [4.78, 5) is 45.0. The largest absolute Gasteiger partial charge is 0.461 e. The molecule has 0 unspecified atom stereocenters. The van der Waals surface area contributed by atoms with E-state index in [2.05, 4.69) is 15.0 Å². The van der Waals surface area contributed by atoms with E-state index in [1.54, 1.807) is 40.5 Å². The van der Waals surface area contributed by atoms with Crippen molar-refractivity contribution in [2.24, 2.45) is 0 Å². The second-order valence-electron chi connectivity index (χ2n) is 9.01.